The highest BCUT2D eigenvalue weighted by atomic mass is 35.5. The van der Waals surface area contributed by atoms with Gasteiger partial charge in [-0.1, -0.05) is 11.6 Å². The van der Waals surface area contributed by atoms with Crippen LogP contribution in [-0.2, 0) is 0 Å². The van der Waals surface area contributed by atoms with E-state index < -0.39 is 0 Å². The van der Waals surface area contributed by atoms with Gasteiger partial charge in [-0.2, -0.15) is 5.10 Å². The van der Waals surface area contributed by atoms with Gasteiger partial charge < -0.3 is 5.32 Å². The number of hydrogen-bond donors (Lipinski definition) is 1. The zero-order chi connectivity index (χ0) is 16.8. The molecule has 0 bridgehead atoms. The van der Waals surface area contributed by atoms with Gasteiger partial charge in [-0.05, 0) is 54.6 Å². The molecule has 1 heterocycles. The van der Waals surface area contributed by atoms with E-state index in [0.29, 0.717) is 12.1 Å². The van der Waals surface area contributed by atoms with Crippen LogP contribution in [0.2, 0.25) is 5.02 Å². The lowest BCUT2D eigenvalue weighted by Crippen LogP contribution is -2.25. The van der Waals surface area contributed by atoms with Crippen LogP contribution in [0.15, 0.2) is 71.9 Å². The van der Waals surface area contributed by atoms with Gasteiger partial charge in [0.1, 0.15) is 0 Å². The molecular formula is C18H16ClN3OS. The van der Waals surface area contributed by atoms with Crippen molar-refractivity contribution in [1.29, 1.82) is 0 Å². The van der Waals surface area contributed by atoms with Crippen LogP contribution in [0.3, 0.4) is 0 Å². The minimum Gasteiger partial charge on any atom is -0.351 e. The first-order chi connectivity index (χ1) is 11.7. The predicted molar refractivity (Wildman–Crippen MR) is 98.1 cm³/mol. The maximum Gasteiger partial charge on any atom is 0.251 e. The predicted octanol–water partition coefficient (Wildman–Crippen LogP) is 4.05. The third-order valence-electron chi connectivity index (χ3n) is 3.37. The zero-order valence-corrected chi connectivity index (χ0v) is 14.4. The molecule has 0 saturated carbocycles. The number of thioether (sulfide) groups is 1. The minimum atomic E-state index is -0.0706. The number of nitrogens with one attached hydrogen (secondary N) is 1. The number of amides is 1. The standard InChI is InChI=1S/C18H16ClN3OS/c19-15-4-8-17(9-5-15)24-13-11-20-18(23)14-2-6-16(7-3-14)22-12-1-10-21-22/h1-10,12H,11,13H2,(H,20,23). The molecule has 0 radical (unpaired) electrons. The van der Waals surface area contributed by atoms with E-state index in [4.69, 9.17) is 11.6 Å². The number of hydrogen-bond acceptors (Lipinski definition) is 3. The molecule has 3 rings (SSSR count). The molecule has 0 aliphatic heterocycles. The highest BCUT2D eigenvalue weighted by molar-refractivity contribution is 7.99. The number of halogens is 1. The van der Waals surface area contributed by atoms with Gasteiger partial charge in [0.2, 0.25) is 0 Å². The van der Waals surface area contributed by atoms with Gasteiger partial charge in [-0.25, -0.2) is 4.68 Å². The molecule has 3 aromatic rings. The first-order valence-electron chi connectivity index (χ1n) is 7.49. The summed E-state index contributed by atoms with van der Waals surface area (Å²) in [6, 6.07) is 16.9. The van der Waals surface area contributed by atoms with E-state index in [0.717, 1.165) is 21.4 Å². The normalized spacial score (nSPS) is 10.5. The average Bonchev–Trinajstić information content (AvgIpc) is 3.15. The van der Waals surface area contributed by atoms with Gasteiger partial charge in [-0.15, -0.1) is 11.8 Å². The van der Waals surface area contributed by atoms with E-state index in [1.807, 2.05) is 48.7 Å². The number of carbonyl (C=O) groups is 1. The van der Waals surface area contributed by atoms with E-state index in [9.17, 15) is 4.79 Å². The fourth-order valence-corrected chi connectivity index (χ4v) is 3.05. The van der Waals surface area contributed by atoms with Crippen LogP contribution in [0.25, 0.3) is 5.69 Å². The first kappa shape index (κ1) is 16.6. The van der Waals surface area contributed by atoms with Crippen molar-refractivity contribution in [3.8, 4) is 5.69 Å². The van der Waals surface area contributed by atoms with Gasteiger partial charge in [-0.3, -0.25) is 4.79 Å². The van der Waals surface area contributed by atoms with Gasteiger partial charge in [0.15, 0.2) is 0 Å². The molecule has 122 valence electrons. The van der Waals surface area contributed by atoms with E-state index in [-0.39, 0.29) is 5.91 Å². The molecule has 6 heteroatoms. The van der Waals surface area contributed by atoms with E-state index >= 15 is 0 Å². The van der Waals surface area contributed by atoms with Gasteiger partial charge in [0, 0.05) is 40.2 Å². The first-order valence-corrected chi connectivity index (χ1v) is 8.85. The lowest BCUT2D eigenvalue weighted by molar-refractivity contribution is 0.0956. The van der Waals surface area contributed by atoms with Crippen molar-refractivity contribution in [2.75, 3.05) is 12.3 Å². The Balaban J connectivity index is 1.47. The van der Waals surface area contributed by atoms with Crippen LogP contribution in [0.1, 0.15) is 10.4 Å². The molecule has 2 aromatic carbocycles. The summed E-state index contributed by atoms with van der Waals surface area (Å²) in [7, 11) is 0. The molecule has 1 N–H and O–H groups in total. The second-order valence-corrected chi connectivity index (χ2v) is 6.66. The molecule has 0 fully saturated rings. The summed E-state index contributed by atoms with van der Waals surface area (Å²) in [5.74, 6) is 0.734. The fourth-order valence-electron chi connectivity index (χ4n) is 2.15. The smallest absolute Gasteiger partial charge is 0.251 e. The summed E-state index contributed by atoms with van der Waals surface area (Å²) < 4.78 is 1.75. The van der Waals surface area contributed by atoms with Crippen molar-refractivity contribution in [3.05, 3.63) is 77.6 Å². The molecule has 0 spiro atoms. The molecular weight excluding hydrogens is 342 g/mol. The summed E-state index contributed by atoms with van der Waals surface area (Å²) in [6.45, 7) is 0.604. The summed E-state index contributed by atoms with van der Waals surface area (Å²) >= 11 is 7.54. The summed E-state index contributed by atoms with van der Waals surface area (Å²) in [5.41, 5.74) is 1.57. The van der Waals surface area contributed by atoms with E-state index in [2.05, 4.69) is 10.4 Å². The van der Waals surface area contributed by atoms with Crippen LogP contribution in [-0.4, -0.2) is 28.0 Å². The Morgan fingerprint density at radius 3 is 2.54 bits per heavy atom. The van der Waals surface area contributed by atoms with Gasteiger partial charge in [0.25, 0.3) is 5.91 Å². The Morgan fingerprint density at radius 1 is 1.12 bits per heavy atom. The number of benzene rings is 2. The molecule has 0 aliphatic rings. The number of carbonyl (C=O) groups excluding carboxylic acids is 1. The Labute approximate surface area is 149 Å². The molecule has 0 unspecified atom stereocenters. The van der Waals surface area contributed by atoms with Crippen molar-refractivity contribution in [2.45, 2.75) is 4.90 Å². The molecule has 24 heavy (non-hydrogen) atoms. The molecule has 0 aliphatic carbocycles. The maximum absolute atomic E-state index is 12.1. The number of aromatic nitrogens is 2. The monoisotopic (exact) mass is 357 g/mol. The molecule has 4 nitrogen and oxygen atoms in total. The average molecular weight is 358 g/mol. The SMILES string of the molecule is O=C(NCCSc1ccc(Cl)cc1)c1ccc(-n2cccn2)cc1. The lowest BCUT2D eigenvalue weighted by Gasteiger charge is -2.07. The molecule has 0 atom stereocenters. The van der Waals surface area contributed by atoms with Crippen molar-refractivity contribution in [1.82, 2.24) is 15.1 Å². The number of nitrogens with zero attached hydrogens (tertiary/aromatic N) is 2. The topological polar surface area (TPSA) is 46.9 Å². The Hall–Kier alpha value is -2.24. The van der Waals surface area contributed by atoms with Crippen molar-refractivity contribution in [2.24, 2.45) is 0 Å². The quantitative estimate of drug-likeness (QED) is 0.535. The van der Waals surface area contributed by atoms with Crippen LogP contribution in [0.5, 0.6) is 0 Å². The van der Waals surface area contributed by atoms with Crippen LogP contribution in [0.4, 0.5) is 0 Å². The van der Waals surface area contributed by atoms with Crippen LogP contribution < -0.4 is 5.32 Å². The Bertz CT molecular complexity index is 786. The Morgan fingerprint density at radius 2 is 1.88 bits per heavy atom. The highest BCUT2D eigenvalue weighted by Gasteiger charge is 2.05. The second kappa shape index (κ2) is 8.04. The van der Waals surface area contributed by atoms with Gasteiger partial charge in [0.05, 0.1) is 5.69 Å². The second-order valence-electron chi connectivity index (χ2n) is 5.06. The molecule has 1 aromatic heterocycles. The minimum absolute atomic E-state index is 0.0706. The zero-order valence-electron chi connectivity index (χ0n) is 12.9. The van der Waals surface area contributed by atoms with Crippen molar-refractivity contribution in [3.63, 3.8) is 0 Å². The summed E-state index contributed by atoms with van der Waals surface area (Å²) in [5, 5.41) is 7.82. The fraction of sp³-hybridized carbons (Fsp3) is 0.111. The lowest BCUT2D eigenvalue weighted by atomic mass is 10.2. The summed E-state index contributed by atoms with van der Waals surface area (Å²) in [4.78, 5) is 13.3. The highest BCUT2D eigenvalue weighted by Crippen LogP contribution is 2.19. The summed E-state index contributed by atoms with van der Waals surface area (Å²) in [6.07, 6.45) is 3.59. The third-order valence-corrected chi connectivity index (χ3v) is 4.63. The van der Waals surface area contributed by atoms with Crippen LogP contribution >= 0.6 is 23.4 Å². The van der Waals surface area contributed by atoms with Crippen molar-refractivity contribution >= 4 is 29.3 Å². The largest absolute Gasteiger partial charge is 0.351 e. The maximum atomic E-state index is 12.1. The van der Waals surface area contributed by atoms with Gasteiger partial charge >= 0.3 is 0 Å². The number of rotatable bonds is 6. The third kappa shape index (κ3) is 4.40. The Kier molecular flexibility index (Phi) is 5.56. The van der Waals surface area contributed by atoms with E-state index in [1.54, 1.807) is 34.8 Å². The van der Waals surface area contributed by atoms with Crippen molar-refractivity contribution < 1.29 is 4.79 Å². The molecule has 0 saturated heterocycles. The van der Waals surface area contributed by atoms with E-state index in [1.165, 1.54) is 0 Å². The molecule has 1 amide bonds. The van der Waals surface area contributed by atoms with Crippen LogP contribution in [0, 0.1) is 0 Å².